The van der Waals surface area contributed by atoms with Gasteiger partial charge < -0.3 is 16.2 Å². The first-order chi connectivity index (χ1) is 10.3. The molecule has 4 nitrogen and oxygen atoms in total. The van der Waals surface area contributed by atoms with Crippen molar-refractivity contribution in [3.8, 4) is 0 Å². The number of rotatable bonds is 5. The molecule has 4 N–H and O–H groups in total. The van der Waals surface area contributed by atoms with Crippen molar-refractivity contribution >= 4 is 10.8 Å². The van der Waals surface area contributed by atoms with Crippen molar-refractivity contribution in [1.29, 1.82) is 0 Å². The second-order valence-corrected chi connectivity index (χ2v) is 5.88. The van der Waals surface area contributed by atoms with Crippen molar-refractivity contribution < 1.29 is 5.11 Å². The van der Waals surface area contributed by atoms with Gasteiger partial charge in [-0.05, 0) is 29.7 Å². The van der Waals surface area contributed by atoms with Gasteiger partial charge in [-0.2, -0.15) is 0 Å². The zero-order valence-corrected chi connectivity index (χ0v) is 12.2. The number of nitrogens with two attached hydrogens (primary N) is 1. The van der Waals surface area contributed by atoms with Gasteiger partial charge in [-0.1, -0.05) is 30.7 Å². The number of aliphatic hydroxyl groups is 1. The minimum Gasteiger partial charge on any atom is -0.396 e. The van der Waals surface area contributed by atoms with Gasteiger partial charge in [-0.3, -0.25) is 4.98 Å². The van der Waals surface area contributed by atoms with Gasteiger partial charge >= 0.3 is 0 Å². The molecule has 1 saturated carbocycles. The molecule has 0 amide bonds. The van der Waals surface area contributed by atoms with Gasteiger partial charge in [0.2, 0.25) is 0 Å². The van der Waals surface area contributed by atoms with Gasteiger partial charge in [0.15, 0.2) is 0 Å². The molecule has 3 atom stereocenters. The largest absolute Gasteiger partial charge is 0.396 e. The second-order valence-electron chi connectivity index (χ2n) is 5.88. The lowest BCUT2D eigenvalue weighted by Crippen LogP contribution is -2.40. The van der Waals surface area contributed by atoms with E-state index in [2.05, 4.69) is 22.4 Å². The standard InChI is InChI=1S/C17H23N3O/c18-8-17(20-16-7-3-5-13(16)11-21)15-10-19-9-12-4-1-2-6-14(12)15/h1-2,4,6,9-10,13,16-17,20-21H,3,5,7-8,11,18H2. The topological polar surface area (TPSA) is 71.2 Å². The van der Waals surface area contributed by atoms with E-state index in [1.54, 1.807) is 0 Å². The number of benzene rings is 1. The Balaban J connectivity index is 1.88. The lowest BCUT2D eigenvalue weighted by atomic mass is 9.98. The number of pyridine rings is 1. The first kappa shape index (κ1) is 14.4. The molecule has 4 heteroatoms. The minimum absolute atomic E-state index is 0.0840. The van der Waals surface area contributed by atoms with Gasteiger partial charge in [0.05, 0.1) is 0 Å². The third-order valence-corrected chi connectivity index (χ3v) is 4.62. The number of nitrogens with one attached hydrogen (secondary N) is 1. The lowest BCUT2D eigenvalue weighted by molar-refractivity contribution is 0.200. The Bertz CT molecular complexity index is 596. The highest BCUT2D eigenvalue weighted by molar-refractivity contribution is 5.85. The Morgan fingerprint density at radius 1 is 1.29 bits per heavy atom. The molecule has 0 bridgehead atoms. The van der Waals surface area contributed by atoms with E-state index in [1.807, 2.05) is 24.5 Å². The molecule has 3 unspecified atom stereocenters. The van der Waals surface area contributed by atoms with E-state index in [9.17, 15) is 5.11 Å². The van der Waals surface area contributed by atoms with Crippen LogP contribution in [0.2, 0.25) is 0 Å². The predicted octanol–water partition coefficient (Wildman–Crippen LogP) is 1.99. The Labute approximate surface area is 125 Å². The Hall–Kier alpha value is -1.49. The summed E-state index contributed by atoms with van der Waals surface area (Å²) in [7, 11) is 0. The summed E-state index contributed by atoms with van der Waals surface area (Å²) in [6.07, 6.45) is 7.18. The highest BCUT2D eigenvalue weighted by Gasteiger charge is 2.28. The van der Waals surface area contributed by atoms with Crippen LogP contribution in [0.5, 0.6) is 0 Å². The molecule has 0 saturated heterocycles. The number of hydrogen-bond donors (Lipinski definition) is 3. The van der Waals surface area contributed by atoms with E-state index in [0.29, 0.717) is 18.5 Å². The highest BCUT2D eigenvalue weighted by atomic mass is 16.3. The van der Waals surface area contributed by atoms with Crippen LogP contribution in [0.4, 0.5) is 0 Å². The summed E-state index contributed by atoms with van der Waals surface area (Å²) in [4.78, 5) is 4.35. The maximum absolute atomic E-state index is 9.48. The average molecular weight is 285 g/mol. The molecule has 1 fully saturated rings. The van der Waals surface area contributed by atoms with Crippen LogP contribution in [-0.4, -0.2) is 29.3 Å². The Kier molecular flexibility index (Phi) is 4.48. The van der Waals surface area contributed by atoms with Gasteiger partial charge in [0.25, 0.3) is 0 Å². The van der Waals surface area contributed by atoms with Crippen molar-refractivity contribution in [2.24, 2.45) is 11.7 Å². The Morgan fingerprint density at radius 2 is 2.14 bits per heavy atom. The molecule has 21 heavy (non-hydrogen) atoms. The summed E-state index contributed by atoms with van der Waals surface area (Å²) in [6.45, 7) is 0.785. The maximum atomic E-state index is 9.48. The van der Waals surface area contributed by atoms with Crippen LogP contribution in [0.1, 0.15) is 30.9 Å². The normalized spacial score (nSPS) is 23.5. The molecular weight excluding hydrogens is 262 g/mol. The fourth-order valence-corrected chi connectivity index (χ4v) is 3.44. The molecule has 0 radical (unpaired) electrons. The van der Waals surface area contributed by atoms with Gasteiger partial charge in [-0.15, -0.1) is 0 Å². The highest BCUT2D eigenvalue weighted by Crippen LogP contribution is 2.29. The first-order valence-electron chi connectivity index (χ1n) is 7.73. The smallest absolute Gasteiger partial charge is 0.0474 e. The van der Waals surface area contributed by atoms with E-state index >= 15 is 0 Å². The number of nitrogens with zero attached hydrogens (tertiary/aromatic N) is 1. The molecule has 0 aliphatic heterocycles. The molecule has 3 rings (SSSR count). The van der Waals surface area contributed by atoms with Crippen LogP contribution < -0.4 is 11.1 Å². The molecule has 0 spiro atoms. The summed E-state index contributed by atoms with van der Waals surface area (Å²) >= 11 is 0. The first-order valence-corrected chi connectivity index (χ1v) is 7.73. The molecule has 1 aromatic heterocycles. The van der Waals surface area contributed by atoms with E-state index in [-0.39, 0.29) is 12.6 Å². The summed E-state index contributed by atoms with van der Waals surface area (Å²) in [5.41, 5.74) is 7.16. The summed E-state index contributed by atoms with van der Waals surface area (Å²) in [5, 5.41) is 15.5. The van der Waals surface area contributed by atoms with Crippen molar-refractivity contribution in [3.63, 3.8) is 0 Å². The quantitative estimate of drug-likeness (QED) is 0.785. The fraction of sp³-hybridized carbons (Fsp3) is 0.471. The summed E-state index contributed by atoms with van der Waals surface area (Å²) in [5.74, 6) is 0.349. The van der Waals surface area contributed by atoms with Crippen molar-refractivity contribution in [1.82, 2.24) is 10.3 Å². The molecule has 1 aliphatic rings. The van der Waals surface area contributed by atoms with Crippen LogP contribution in [0.3, 0.4) is 0 Å². The monoisotopic (exact) mass is 285 g/mol. The van der Waals surface area contributed by atoms with Crippen molar-refractivity contribution in [2.75, 3.05) is 13.2 Å². The number of fused-ring (bicyclic) bond motifs is 1. The zero-order valence-electron chi connectivity index (χ0n) is 12.2. The molecule has 1 aromatic carbocycles. The van der Waals surface area contributed by atoms with Crippen LogP contribution in [-0.2, 0) is 0 Å². The minimum atomic E-state index is 0.0840. The number of aromatic nitrogens is 1. The van der Waals surface area contributed by atoms with Crippen molar-refractivity contribution in [2.45, 2.75) is 31.3 Å². The summed E-state index contributed by atoms with van der Waals surface area (Å²) < 4.78 is 0. The number of hydrogen-bond acceptors (Lipinski definition) is 4. The number of aliphatic hydroxyl groups excluding tert-OH is 1. The lowest BCUT2D eigenvalue weighted by Gasteiger charge is -2.26. The van der Waals surface area contributed by atoms with Gasteiger partial charge in [0, 0.05) is 43.0 Å². The summed E-state index contributed by atoms with van der Waals surface area (Å²) in [6, 6.07) is 8.70. The van der Waals surface area contributed by atoms with E-state index in [1.165, 1.54) is 11.8 Å². The van der Waals surface area contributed by atoms with Crippen molar-refractivity contribution in [3.05, 3.63) is 42.2 Å². The Morgan fingerprint density at radius 3 is 2.95 bits per heavy atom. The molecular formula is C17H23N3O. The molecule has 112 valence electrons. The van der Waals surface area contributed by atoms with E-state index < -0.39 is 0 Å². The maximum Gasteiger partial charge on any atom is 0.0474 e. The third-order valence-electron chi connectivity index (χ3n) is 4.62. The van der Waals surface area contributed by atoms with Crippen LogP contribution in [0.25, 0.3) is 10.8 Å². The predicted molar refractivity (Wildman–Crippen MR) is 84.9 cm³/mol. The third kappa shape index (κ3) is 2.93. The van der Waals surface area contributed by atoms with E-state index in [4.69, 9.17) is 5.73 Å². The molecule has 1 aliphatic carbocycles. The van der Waals surface area contributed by atoms with Crippen LogP contribution >= 0.6 is 0 Å². The average Bonchev–Trinajstić information content (AvgIpc) is 2.99. The zero-order chi connectivity index (χ0) is 14.7. The SMILES string of the molecule is NCC(NC1CCCC1CO)c1cncc2ccccc12. The molecule has 2 aromatic rings. The molecule has 1 heterocycles. The van der Waals surface area contributed by atoms with Gasteiger partial charge in [-0.25, -0.2) is 0 Å². The fourth-order valence-electron chi connectivity index (χ4n) is 3.44. The van der Waals surface area contributed by atoms with Crippen LogP contribution in [0.15, 0.2) is 36.7 Å². The van der Waals surface area contributed by atoms with E-state index in [0.717, 1.165) is 23.8 Å². The van der Waals surface area contributed by atoms with Gasteiger partial charge in [0.1, 0.15) is 0 Å². The second kappa shape index (κ2) is 6.52. The van der Waals surface area contributed by atoms with Crippen LogP contribution in [0, 0.1) is 5.92 Å².